The highest BCUT2D eigenvalue weighted by atomic mass is 35.5. The third-order valence-electron chi connectivity index (χ3n) is 4.14. The van der Waals surface area contributed by atoms with Crippen LogP contribution in [0, 0.1) is 0 Å². The zero-order chi connectivity index (χ0) is 19.4. The number of nitrogens with zero attached hydrogens (tertiary/aromatic N) is 4. The number of amides is 2. The summed E-state index contributed by atoms with van der Waals surface area (Å²) in [5.74, 6) is -0.539. The Balaban J connectivity index is 1.80. The summed E-state index contributed by atoms with van der Waals surface area (Å²) in [6.07, 6.45) is 4.90. The molecule has 142 valence electrons. The molecule has 27 heavy (non-hydrogen) atoms. The van der Waals surface area contributed by atoms with Gasteiger partial charge < -0.3 is 26.4 Å². The van der Waals surface area contributed by atoms with E-state index in [2.05, 4.69) is 25.6 Å². The molecule has 1 atom stereocenters. The molecule has 1 aliphatic heterocycles. The molecule has 0 bridgehead atoms. The van der Waals surface area contributed by atoms with Gasteiger partial charge in [0, 0.05) is 25.3 Å². The highest BCUT2D eigenvalue weighted by molar-refractivity contribution is 6.28. The normalized spacial score (nSPS) is 16.6. The SMILES string of the molecule is Nc1cnc(Cl)nc1C(=O)Nc1cnccc1N1CCC[C@H](NC(=O)O)C1. The summed E-state index contributed by atoms with van der Waals surface area (Å²) in [5, 5.41) is 14.1. The molecule has 5 N–H and O–H groups in total. The topological polar surface area (TPSA) is 146 Å². The number of halogens is 1. The number of anilines is 3. The molecular formula is C16H18ClN7O3. The van der Waals surface area contributed by atoms with E-state index in [1.54, 1.807) is 12.3 Å². The predicted octanol–water partition coefficient (Wildman–Crippen LogP) is 1.60. The minimum Gasteiger partial charge on any atom is -0.465 e. The van der Waals surface area contributed by atoms with E-state index in [9.17, 15) is 9.59 Å². The Hall–Kier alpha value is -3.14. The van der Waals surface area contributed by atoms with Crippen LogP contribution >= 0.6 is 11.6 Å². The second-order valence-corrected chi connectivity index (χ2v) is 6.36. The van der Waals surface area contributed by atoms with Crippen LogP contribution in [0.4, 0.5) is 21.9 Å². The zero-order valence-corrected chi connectivity index (χ0v) is 15.0. The van der Waals surface area contributed by atoms with Gasteiger partial charge in [0.25, 0.3) is 5.91 Å². The van der Waals surface area contributed by atoms with Crippen LogP contribution in [-0.4, -0.2) is 51.2 Å². The van der Waals surface area contributed by atoms with Gasteiger partial charge in [-0.05, 0) is 30.5 Å². The number of piperidine rings is 1. The summed E-state index contributed by atoms with van der Waals surface area (Å²) in [4.78, 5) is 37.1. The van der Waals surface area contributed by atoms with Crippen molar-refractivity contribution < 1.29 is 14.7 Å². The van der Waals surface area contributed by atoms with Gasteiger partial charge >= 0.3 is 6.09 Å². The smallest absolute Gasteiger partial charge is 0.404 e. The fraction of sp³-hybridized carbons (Fsp3) is 0.312. The monoisotopic (exact) mass is 391 g/mol. The molecule has 0 aromatic carbocycles. The maximum absolute atomic E-state index is 12.6. The molecule has 0 unspecified atom stereocenters. The molecule has 2 aromatic rings. The van der Waals surface area contributed by atoms with Crippen LogP contribution in [0.5, 0.6) is 0 Å². The molecule has 1 fully saturated rings. The molecule has 0 radical (unpaired) electrons. The average Bonchev–Trinajstić information content (AvgIpc) is 2.64. The number of rotatable bonds is 4. The number of carbonyl (C=O) groups is 2. The summed E-state index contributed by atoms with van der Waals surface area (Å²) in [5.41, 5.74) is 7.02. The minimum absolute atomic E-state index is 0.0335. The number of hydrogen-bond donors (Lipinski definition) is 4. The van der Waals surface area contributed by atoms with Crippen molar-refractivity contribution in [1.29, 1.82) is 0 Å². The fourth-order valence-corrected chi connectivity index (χ4v) is 3.11. The Bertz CT molecular complexity index is 864. The molecule has 3 heterocycles. The highest BCUT2D eigenvalue weighted by Crippen LogP contribution is 2.28. The predicted molar refractivity (Wildman–Crippen MR) is 100 cm³/mol. The van der Waals surface area contributed by atoms with E-state index in [1.165, 1.54) is 12.4 Å². The van der Waals surface area contributed by atoms with Crippen molar-refractivity contribution in [3.63, 3.8) is 0 Å². The minimum atomic E-state index is -1.05. The van der Waals surface area contributed by atoms with Gasteiger partial charge in [-0.1, -0.05) is 0 Å². The molecule has 2 amide bonds. The highest BCUT2D eigenvalue weighted by Gasteiger charge is 2.24. The molecule has 1 saturated heterocycles. The summed E-state index contributed by atoms with van der Waals surface area (Å²) < 4.78 is 0. The largest absolute Gasteiger partial charge is 0.465 e. The van der Waals surface area contributed by atoms with Crippen LogP contribution in [0.15, 0.2) is 24.7 Å². The number of nitrogens with one attached hydrogen (secondary N) is 2. The maximum Gasteiger partial charge on any atom is 0.404 e. The fourth-order valence-electron chi connectivity index (χ4n) is 2.98. The van der Waals surface area contributed by atoms with Crippen LogP contribution in [0.25, 0.3) is 0 Å². The van der Waals surface area contributed by atoms with Crippen molar-refractivity contribution in [3.8, 4) is 0 Å². The lowest BCUT2D eigenvalue weighted by Gasteiger charge is -2.35. The number of aromatic nitrogens is 3. The van der Waals surface area contributed by atoms with Gasteiger partial charge in [-0.25, -0.2) is 14.8 Å². The standard InChI is InChI=1S/C16H18ClN7O3/c17-15-20-6-10(18)13(23-15)14(25)22-11-7-19-4-3-12(11)24-5-1-2-9(8-24)21-16(26)27/h3-4,6-7,9,21H,1-2,5,8,18H2,(H,22,25)(H,26,27)/t9-/m0/s1. The Morgan fingerprint density at radius 3 is 2.96 bits per heavy atom. The van der Waals surface area contributed by atoms with Crippen LogP contribution in [-0.2, 0) is 0 Å². The van der Waals surface area contributed by atoms with Crippen LogP contribution in [0.1, 0.15) is 23.3 Å². The molecule has 1 aliphatic rings. The Kier molecular flexibility index (Phi) is 5.55. The molecule has 0 saturated carbocycles. The lowest BCUT2D eigenvalue weighted by Crippen LogP contribution is -2.47. The number of carbonyl (C=O) groups excluding carboxylic acids is 1. The van der Waals surface area contributed by atoms with Gasteiger partial charge in [-0.3, -0.25) is 9.78 Å². The number of carboxylic acid groups (broad SMARTS) is 1. The third kappa shape index (κ3) is 4.53. The maximum atomic E-state index is 12.6. The third-order valence-corrected chi connectivity index (χ3v) is 4.32. The molecule has 10 nitrogen and oxygen atoms in total. The molecule has 11 heteroatoms. The van der Waals surface area contributed by atoms with Crippen molar-refractivity contribution in [2.75, 3.05) is 29.0 Å². The zero-order valence-electron chi connectivity index (χ0n) is 14.2. The summed E-state index contributed by atoms with van der Waals surface area (Å²) in [6, 6.07) is 1.57. The molecule has 2 aromatic heterocycles. The number of nitrogen functional groups attached to an aromatic ring is 1. The lowest BCUT2D eigenvalue weighted by molar-refractivity contribution is 0.102. The van der Waals surface area contributed by atoms with Crippen molar-refractivity contribution in [2.45, 2.75) is 18.9 Å². The second-order valence-electron chi connectivity index (χ2n) is 6.02. The van der Waals surface area contributed by atoms with E-state index in [1.807, 2.05) is 4.90 Å². The first-order chi connectivity index (χ1) is 12.9. The van der Waals surface area contributed by atoms with Crippen LogP contribution in [0.2, 0.25) is 5.28 Å². The van der Waals surface area contributed by atoms with Crippen molar-refractivity contribution in [3.05, 3.63) is 35.6 Å². The Morgan fingerprint density at radius 2 is 2.19 bits per heavy atom. The number of nitrogens with two attached hydrogens (primary N) is 1. The quantitative estimate of drug-likeness (QED) is 0.574. The number of hydrogen-bond acceptors (Lipinski definition) is 7. The van der Waals surface area contributed by atoms with E-state index < -0.39 is 12.0 Å². The van der Waals surface area contributed by atoms with Gasteiger partial charge in [0.15, 0.2) is 5.69 Å². The summed E-state index contributed by atoms with van der Waals surface area (Å²) in [7, 11) is 0. The van der Waals surface area contributed by atoms with E-state index in [0.717, 1.165) is 25.1 Å². The van der Waals surface area contributed by atoms with Gasteiger partial charge in [-0.15, -0.1) is 0 Å². The van der Waals surface area contributed by atoms with E-state index >= 15 is 0 Å². The first-order valence-corrected chi connectivity index (χ1v) is 8.59. The number of pyridine rings is 1. The van der Waals surface area contributed by atoms with Gasteiger partial charge in [0.1, 0.15) is 0 Å². The van der Waals surface area contributed by atoms with Crippen molar-refractivity contribution in [2.24, 2.45) is 0 Å². The average molecular weight is 392 g/mol. The summed E-state index contributed by atoms with van der Waals surface area (Å²) in [6.45, 7) is 1.22. The first kappa shape index (κ1) is 18.6. The van der Waals surface area contributed by atoms with E-state index in [0.29, 0.717) is 12.2 Å². The lowest BCUT2D eigenvalue weighted by atomic mass is 10.0. The molecular weight excluding hydrogens is 374 g/mol. The molecule has 3 rings (SSSR count). The van der Waals surface area contributed by atoms with Crippen LogP contribution < -0.4 is 21.3 Å². The molecule has 0 aliphatic carbocycles. The second kappa shape index (κ2) is 8.04. The van der Waals surface area contributed by atoms with Gasteiger partial charge in [-0.2, -0.15) is 0 Å². The Labute approximate surface area is 159 Å². The van der Waals surface area contributed by atoms with E-state index in [-0.39, 0.29) is 22.7 Å². The van der Waals surface area contributed by atoms with Crippen LogP contribution in [0.3, 0.4) is 0 Å². The van der Waals surface area contributed by atoms with Crippen molar-refractivity contribution in [1.82, 2.24) is 20.3 Å². The molecule has 0 spiro atoms. The van der Waals surface area contributed by atoms with Gasteiger partial charge in [0.05, 0.1) is 29.5 Å². The first-order valence-electron chi connectivity index (χ1n) is 8.22. The van der Waals surface area contributed by atoms with Gasteiger partial charge in [0.2, 0.25) is 5.28 Å². The van der Waals surface area contributed by atoms with E-state index in [4.69, 9.17) is 22.4 Å². The Morgan fingerprint density at radius 1 is 1.37 bits per heavy atom. The van der Waals surface area contributed by atoms with Crippen molar-refractivity contribution >= 4 is 40.7 Å². The summed E-state index contributed by atoms with van der Waals surface area (Å²) >= 11 is 5.74.